The first-order valence-corrected chi connectivity index (χ1v) is 15.2. The maximum atomic E-state index is 13.8. The minimum atomic E-state index is -0.881. The molecule has 0 bridgehead atoms. The number of carbonyl (C=O) groups is 4. The number of rotatable bonds is 15. The molecule has 0 radical (unpaired) electrons. The van der Waals surface area contributed by atoms with Crippen LogP contribution in [-0.2, 0) is 35.1 Å². The Hall–Kier alpha value is -2.62. The van der Waals surface area contributed by atoms with E-state index >= 15 is 0 Å². The second-order valence-electron chi connectivity index (χ2n) is 12.6. The molecule has 2 N–H and O–H groups in total. The van der Waals surface area contributed by atoms with E-state index in [0.29, 0.717) is 56.4 Å². The van der Waals surface area contributed by atoms with Crippen molar-refractivity contribution < 1.29 is 33.8 Å². The first-order chi connectivity index (χ1) is 19.5. The van der Waals surface area contributed by atoms with E-state index in [1.165, 1.54) is 0 Å². The van der Waals surface area contributed by atoms with Crippen LogP contribution in [0.1, 0.15) is 69.9 Å². The average molecular weight is 571 g/mol. The Morgan fingerprint density at radius 1 is 1.12 bits per heavy atom. The topological polar surface area (TPSA) is 126 Å². The molecule has 1 amide bonds. The number of aromatic hydroxyl groups is 1. The van der Waals surface area contributed by atoms with Crippen LogP contribution in [0.25, 0.3) is 0 Å². The lowest BCUT2D eigenvalue weighted by atomic mass is 9.81. The van der Waals surface area contributed by atoms with Crippen molar-refractivity contribution in [2.45, 2.75) is 83.8 Å². The molecule has 1 aliphatic carbocycles. The molecular formula is C32H46N2O7. The maximum Gasteiger partial charge on any atom is 0.223 e. The maximum absolute atomic E-state index is 13.8. The van der Waals surface area contributed by atoms with Crippen molar-refractivity contribution in [3.63, 3.8) is 0 Å². The lowest BCUT2D eigenvalue weighted by Gasteiger charge is -2.26. The molecule has 1 saturated carbocycles. The van der Waals surface area contributed by atoms with Gasteiger partial charge in [-0.2, -0.15) is 0 Å². The van der Waals surface area contributed by atoms with E-state index in [1.807, 2.05) is 11.0 Å². The highest BCUT2D eigenvalue weighted by atomic mass is 16.6. The van der Waals surface area contributed by atoms with Crippen LogP contribution in [0.5, 0.6) is 5.75 Å². The van der Waals surface area contributed by atoms with Gasteiger partial charge >= 0.3 is 0 Å². The van der Waals surface area contributed by atoms with Gasteiger partial charge in [0.15, 0.2) is 11.6 Å². The Morgan fingerprint density at radius 2 is 1.80 bits per heavy atom. The minimum absolute atomic E-state index is 0.0271. The number of morpholine rings is 1. The summed E-state index contributed by atoms with van der Waals surface area (Å²) in [5.74, 6) is -1.18. The highest BCUT2D eigenvalue weighted by Gasteiger charge is 2.50. The Labute approximate surface area is 243 Å². The SMILES string of the molecule is Cc1ccc(CC(NC(=O)C(C)CC(=O)CN2CCOCC2)C(=O)CC(CC2CCCC2)C(=O)C2(C)CO2)cc1O. The summed E-state index contributed by atoms with van der Waals surface area (Å²) in [6.45, 7) is 8.49. The van der Waals surface area contributed by atoms with Gasteiger partial charge in [0.2, 0.25) is 5.91 Å². The largest absolute Gasteiger partial charge is 0.508 e. The lowest BCUT2D eigenvalue weighted by molar-refractivity contribution is -0.134. The summed E-state index contributed by atoms with van der Waals surface area (Å²) in [5, 5.41) is 13.2. The number of hydrogen-bond acceptors (Lipinski definition) is 8. The highest BCUT2D eigenvalue weighted by molar-refractivity contribution is 5.97. The van der Waals surface area contributed by atoms with Crippen molar-refractivity contribution in [1.82, 2.24) is 10.2 Å². The third-order valence-corrected chi connectivity index (χ3v) is 8.91. The lowest BCUT2D eigenvalue weighted by Crippen LogP contribution is -2.46. The van der Waals surface area contributed by atoms with E-state index in [9.17, 15) is 24.3 Å². The van der Waals surface area contributed by atoms with Crippen LogP contribution in [0, 0.1) is 24.7 Å². The van der Waals surface area contributed by atoms with E-state index in [1.54, 1.807) is 32.9 Å². The van der Waals surface area contributed by atoms with Crippen molar-refractivity contribution in [2.75, 3.05) is 39.5 Å². The molecule has 0 aromatic heterocycles. The summed E-state index contributed by atoms with van der Waals surface area (Å²) in [7, 11) is 0. The van der Waals surface area contributed by atoms with Crippen molar-refractivity contribution in [3.8, 4) is 5.75 Å². The van der Waals surface area contributed by atoms with Gasteiger partial charge < -0.3 is 19.9 Å². The predicted molar refractivity (Wildman–Crippen MR) is 154 cm³/mol. The predicted octanol–water partition coefficient (Wildman–Crippen LogP) is 3.17. The number of aryl methyl sites for hydroxylation is 1. The molecule has 3 fully saturated rings. The van der Waals surface area contributed by atoms with E-state index < -0.39 is 23.5 Å². The van der Waals surface area contributed by atoms with Crippen LogP contribution in [0.3, 0.4) is 0 Å². The number of carbonyl (C=O) groups excluding carboxylic acids is 4. The number of amides is 1. The number of hydrogen-bond donors (Lipinski definition) is 2. The van der Waals surface area contributed by atoms with Gasteiger partial charge in [0.1, 0.15) is 17.1 Å². The zero-order valence-electron chi connectivity index (χ0n) is 24.8. The summed E-state index contributed by atoms with van der Waals surface area (Å²) in [5.41, 5.74) is 0.604. The number of epoxide rings is 1. The molecule has 0 spiro atoms. The van der Waals surface area contributed by atoms with E-state index in [2.05, 4.69) is 5.32 Å². The van der Waals surface area contributed by atoms with Crippen LogP contribution in [0.2, 0.25) is 0 Å². The van der Waals surface area contributed by atoms with Crippen molar-refractivity contribution in [3.05, 3.63) is 29.3 Å². The molecule has 9 heteroatoms. The van der Waals surface area contributed by atoms with Crippen LogP contribution in [0.4, 0.5) is 0 Å². The molecule has 2 saturated heterocycles. The Morgan fingerprint density at radius 3 is 2.44 bits per heavy atom. The molecule has 4 atom stereocenters. The number of ketones is 3. The summed E-state index contributed by atoms with van der Waals surface area (Å²) in [6.07, 6.45) is 5.36. The monoisotopic (exact) mass is 570 g/mol. The number of phenols is 1. The van der Waals surface area contributed by atoms with Gasteiger partial charge in [0.05, 0.1) is 32.4 Å². The van der Waals surface area contributed by atoms with E-state index in [-0.39, 0.29) is 54.8 Å². The first-order valence-electron chi connectivity index (χ1n) is 15.2. The van der Waals surface area contributed by atoms with E-state index in [4.69, 9.17) is 9.47 Å². The number of benzene rings is 1. The smallest absolute Gasteiger partial charge is 0.223 e. The second kappa shape index (κ2) is 14.0. The van der Waals surface area contributed by atoms with Gasteiger partial charge in [0.25, 0.3) is 0 Å². The third-order valence-electron chi connectivity index (χ3n) is 8.91. The van der Waals surface area contributed by atoms with Gasteiger partial charge in [-0.1, -0.05) is 44.7 Å². The van der Waals surface area contributed by atoms with Crippen LogP contribution in [-0.4, -0.2) is 84.4 Å². The Kier molecular flexibility index (Phi) is 10.7. The molecule has 9 nitrogen and oxygen atoms in total. The van der Waals surface area contributed by atoms with Crippen molar-refractivity contribution in [2.24, 2.45) is 17.8 Å². The standard InChI is InChI=1S/C32H46N2O7/c1-21-8-9-24(17-28(21)36)16-27(33-31(39)22(2)14-26(35)19-34-10-12-40-13-11-34)29(37)18-25(15-23-6-4-5-7-23)30(38)32(3)20-41-32/h8-9,17,22-23,25,27,36H,4-7,10-16,18-20H2,1-3H3,(H,33,39). The molecule has 1 aromatic carbocycles. The van der Waals surface area contributed by atoms with Gasteiger partial charge in [-0.3, -0.25) is 24.1 Å². The van der Waals surface area contributed by atoms with Gasteiger partial charge in [-0.05, 0) is 49.8 Å². The highest BCUT2D eigenvalue weighted by Crippen LogP contribution is 2.37. The minimum Gasteiger partial charge on any atom is -0.508 e. The quantitative estimate of drug-likeness (QED) is 0.308. The Balaban J connectivity index is 1.44. The van der Waals surface area contributed by atoms with E-state index in [0.717, 1.165) is 25.7 Å². The van der Waals surface area contributed by atoms with Crippen LogP contribution in [0.15, 0.2) is 18.2 Å². The molecule has 4 rings (SSSR count). The molecule has 226 valence electrons. The molecule has 4 unspecified atom stereocenters. The molecule has 2 heterocycles. The average Bonchev–Trinajstić information content (AvgIpc) is 3.48. The molecular weight excluding hydrogens is 524 g/mol. The Bertz CT molecular complexity index is 1100. The van der Waals surface area contributed by atoms with Gasteiger partial charge in [-0.15, -0.1) is 0 Å². The molecule has 3 aliphatic rings. The van der Waals surface area contributed by atoms with Crippen molar-refractivity contribution >= 4 is 23.3 Å². The third kappa shape index (κ3) is 8.93. The van der Waals surface area contributed by atoms with Crippen molar-refractivity contribution in [1.29, 1.82) is 0 Å². The normalized spacial score (nSPS) is 23.5. The zero-order valence-corrected chi connectivity index (χ0v) is 24.8. The van der Waals surface area contributed by atoms with Crippen LogP contribution < -0.4 is 5.32 Å². The van der Waals surface area contributed by atoms with Gasteiger partial charge in [-0.25, -0.2) is 0 Å². The first kappa shape index (κ1) is 31.3. The number of phenolic OH excluding ortho intramolecular Hbond substituents is 1. The summed E-state index contributed by atoms with van der Waals surface area (Å²) in [4.78, 5) is 55.2. The summed E-state index contributed by atoms with van der Waals surface area (Å²) >= 11 is 0. The fourth-order valence-electron chi connectivity index (χ4n) is 6.08. The summed E-state index contributed by atoms with van der Waals surface area (Å²) < 4.78 is 10.8. The number of ether oxygens (including phenoxy) is 2. The number of nitrogens with zero attached hydrogens (tertiary/aromatic N) is 1. The zero-order chi connectivity index (χ0) is 29.6. The van der Waals surface area contributed by atoms with Gasteiger partial charge in [0, 0.05) is 37.8 Å². The number of nitrogens with one attached hydrogen (secondary N) is 1. The molecule has 41 heavy (non-hydrogen) atoms. The summed E-state index contributed by atoms with van der Waals surface area (Å²) in [6, 6.07) is 4.33. The fourth-order valence-corrected chi connectivity index (χ4v) is 6.08. The second-order valence-corrected chi connectivity index (χ2v) is 12.6. The molecule has 2 aliphatic heterocycles. The molecule has 1 aromatic rings. The van der Waals surface area contributed by atoms with Crippen LogP contribution >= 0.6 is 0 Å². The fraction of sp³-hybridized carbons (Fsp3) is 0.688. The number of Topliss-reactive ketones (excluding diaryl/α,β-unsaturated/α-hetero) is 3.